The lowest BCUT2D eigenvalue weighted by molar-refractivity contribution is 0.194. The van der Waals surface area contributed by atoms with Crippen LogP contribution in [-0.2, 0) is 9.09 Å². The molecule has 65 heavy (non-hydrogen) atoms. The molecule has 0 aliphatic rings. The van der Waals surface area contributed by atoms with Gasteiger partial charge in [0.15, 0.2) is 0 Å². The summed E-state index contributed by atoms with van der Waals surface area (Å²) in [6.45, 7) is 8.66. The van der Waals surface area contributed by atoms with Crippen molar-refractivity contribution >= 4 is 7.75 Å². The third-order valence-electron chi connectivity index (χ3n) is 14.7. The van der Waals surface area contributed by atoms with E-state index in [1.807, 2.05) is 4.67 Å². The molecule has 1 atom stereocenters. The molecule has 0 bridgehead atoms. The second-order valence-corrected chi connectivity index (χ2v) is 23.1. The molecule has 0 saturated heterocycles. The molecule has 0 aliphatic carbocycles. The Hall–Kier alpha value is 0.110. The molecular weight excluding hydrogens is 814 g/mol. The van der Waals surface area contributed by atoms with E-state index in [1.165, 1.54) is 308 Å². The van der Waals surface area contributed by atoms with Crippen LogP contribution in [0.25, 0.3) is 0 Å². The zero-order chi connectivity index (χ0) is 47.1. The van der Waals surface area contributed by atoms with Crippen molar-refractivity contribution in [3.63, 3.8) is 0 Å². The molecule has 0 amide bonds. The summed E-state index contributed by atoms with van der Waals surface area (Å²) in [7, 11) is -3.73. The van der Waals surface area contributed by atoms with Crippen LogP contribution in [0.2, 0.25) is 0 Å². The number of hydrogen-bond donors (Lipinski definition) is 1. The van der Waals surface area contributed by atoms with Crippen molar-refractivity contribution in [3.05, 3.63) is 0 Å². The van der Waals surface area contributed by atoms with E-state index in [0.717, 1.165) is 38.5 Å². The van der Waals surface area contributed by atoms with E-state index in [1.54, 1.807) is 0 Å². The highest BCUT2D eigenvalue weighted by Crippen LogP contribution is 2.47. The molecule has 1 N–H and O–H groups in total. The second kappa shape index (κ2) is 56.7. The number of unbranched alkanes of at least 4 members (excludes halogenated alkanes) is 51. The van der Waals surface area contributed by atoms with Crippen molar-refractivity contribution < 1.29 is 14.0 Å². The minimum Gasteiger partial charge on any atom is -0.312 e. The fraction of sp³-hybridized carbons (Fsp3) is 1.00. The molecule has 0 saturated carbocycles. The summed E-state index contributed by atoms with van der Waals surface area (Å²) in [5, 5.41) is 0. The molecule has 0 rings (SSSR count). The van der Waals surface area contributed by atoms with Gasteiger partial charge in [-0.05, 0) is 19.3 Å². The van der Waals surface area contributed by atoms with Crippen LogP contribution in [-0.4, -0.2) is 29.3 Å². The van der Waals surface area contributed by atoms with E-state index >= 15 is 0 Å². The second-order valence-electron chi connectivity index (χ2n) is 21.3. The molecule has 0 fully saturated rings. The quantitative estimate of drug-likeness (QED) is 0.0488. The molecule has 392 valence electrons. The highest BCUT2D eigenvalue weighted by molar-refractivity contribution is 7.50. The topological polar surface area (TPSA) is 49.8 Å². The number of rotatable bonds is 59. The van der Waals surface area contributed by atoms with E-state index in [-0.39, 0.29) is 0 Å². The number of nitrogens with zero attached hydrogens (tertiary/aromatic N) is 1. The molecule has 5 heteroatoms. The van der Waals surface area contributed by atoms with Gasteiger partial charge in [0.2, 0.25) is 0 Å². The Balaban J connectivity index is 3.91. The molecule has 0 aromatic rings. The van der Waals surface area contributed by atoms with Gasteiger partial charge in [-0.15, -0.1) is 0 Å². The average molecular weight is 939 g/mol. The molecule has 0 spiro atoms. The summed E-state index contributed by atoms with van der Waals surface area (Å²) < 4.78 is 21.0. The summed E-state index contributed by atoms with van der Waals surface area (Å²) in [6.07, 6.45) is 73.8. The molecule has 1 unspecified atom stereocenters. The summed E-state index contributed by atoms with van der Waals surface area (Å²) in [5.74, 6) is 0. The van der Waals surface area contributed by atoms with Crippen molar-refractivity contribution in [1.82, 2.24) is 4.67 Å². The van der Waals surface area contributed by atoms with Gasteiger partial charge in [-0.1, -0.05) is 348 Å². The van der Waals surface area contributed by atoms with Crippen LogP contribution in [0.5, 0.6) is 0 Å². The first-order valence-corrected chi connectivity index (χ1v) is 32.3. The summed E-state index contributed by atoms with van der Waals surface area (Å²) >= 11 is 0. The zero-order valence-electron chi connectivity index (χ0n) is 45.5. The van der Waals surface area contributed by atoms with Gasteiger partial charge < -0.3 is 4.89 Å². The lowest BCUT2D eigenvalue weighted by Gasteiger charge is -2.26. The van der Waals surface area contributed by atoms with Gasteiger partial charge in [-0.3, -0.25) is 4.52 Å². The lowest BCUT2D eigenvalue weighted by Crippen LogP contribution is -2.24. The molecule has 0 aliphatic heterocycles. The predicted octanol–water partition coefficient (Wildman–Crippen LogP) is 22.5. The van der Waals surface area contributed by atoms with Crippen LogP contribution in [0.4, 0.5) is 0 Å². The summed E-state index contributed by atoms with van der Waals surface area (Å²) in [5.41, 5.74) is 0. The van der Waals surface area contributed by atoms with Gasteiger partial charge in [0.1, 0.15) is 0 Å². The van der Waals surface area contributed by atoms with Crippen molar-refractivity contribution in [3.8, 4) is 0 Å². The summed E-state index contributed by atoms with van der Waals surface area (Å²) in [6, 6.07) is 0. The standard InChI is InChI=1S/C60H124NO3P/c1-4-7-10-13-16-18-20-22-24-26-28-30-32-34-36-38-40-42-44-46-48-50-52-55-58-61(65(62,63)64-60-57-54-15-12-9-6-3)59-56-53-51-49-47-45-43-41-39-37-35-33-31-29-27-25-23-21-19-17-14-11-8-5-2/h4-60H2,1-3H3,(H,62,63). The Morgan fingerprint density at radius 2 is 0.415 bits per heavy atom. The minimum absolute atomic E-state index is 0.412. The van der Waals surface area contributed by atoms with E-state index in [0.29, 0.717) is 19.7 Å². The average Bonchev–Trinajstić information content (AvgIpc) is 3.30. The van der Waals surface area contributed by atoms with E-state index in [4.69, 9.17) is 4.52 Å². The smallest absolute Gasteiger partial charge is 0.312 e. The maximum absolute atomic E-state index is 13.4. The maximum Gasteiger partial charge on any atom is 0.405 e. The van der Waals surface area contributed by atoms with Crippen molar-refractivity contribution in [2.45, 2.75) is 367 Å². The monoisotopic (exact) mass is 938 g/mol. The van der Waals surface area contributed by atoms with Gasteiger partial charge in [0.05, 0.1) is 6.61 Å². The van der Waals surface area contributed by atoms with E-state index in [9.17, 15) is 9.46 Å². The van der Waals surface area contributed by atoms with Crippen molar-refractivity contribution in [2.75, 3.05) is 19.7 Å². The molecule has 0 heterocycles. The SMILES string of the molecule is CCCCCCCCCCCCCCCCCCCCCCCCCCN(CCCCCCCCCCCCCCCCCCCCCCCCCC)P(=O)(O)OCCCCCCCC. The molecule has 0 aromatic carbocycles. The Labute approximate surface area is 411 Å². The molecule has 0 radical (unpaired) electrons. The van der Waals surface area contributed by atoms with Crippen LogP contribution in [0.1, 0.15) is 367 Å². The number of hydrogen-bond acceptors (Lipinski definition) is 2. The fourth-order valence-electron chi connectivity index (χ4n) is 10.0. The van der Waals surface area contributed by atoms with Crippen LogP contribution in [0, 0.1) is 0 Å². The molecule has 4 nitrogen and oxygen atoms in total. The highest BCUT2D eigenvalue weighted by atomic mass is 31.2. The van der Waals surface area contributed by atoms with Gasteiger partial charge in [-0.25, -0.2) is 9.24 Å². The first-order valence-electron chi connectivity index (χ1n) is 30.8. The third-order valence-corrected chi connectivity index (χ3v) is 16.3. The van der Waals surface area contributed by atoms with Gasteiger partial charge in [0, 0.05) is 13.1 Å². The van der Waals surface area contributed by atoms with Gasteiger partial charge >= 0.3 is 7.75 Å². The van der Waals surface area contributed by atoms with Gasteiger partial charge in [-0.2, -0.15) is 0 Å². The largest absolute Gasteiger partial charge is 0.405 e. The van der Waals surface area contributed by atoms with Crippen molar-refractivity contribution in [2.24, 2.45) is 0 Å². The lowest BCUT2D eigenvalue weighted by atomic mass is 10.0. The van der Waals surface area contributed by atoms with Crippen LogP contribution in [0.3, 0.4) is 0 Å². The Bertz CT molecular complexity index is 848. The Morgan fingerprint density at radius 3 is 0.600 bits per heavy atom. The third kappa shape index (κ3) is 53.3. The molecule has 0 aromatic heterocycles. The van der Waals surface area contributed by atoms with Crippen LogP contribution >= 0.6 is 7.75 Å². The Morgan fingerprint density at radius 1 is 0.262 bits per heavy atom. The van der Waals surface area contributed by atoms with E-state index < -0.39 is 7.75 Å². The zero-order valence-corrected chi connectivity index (χ0v) is 46.4. The Kier molecular flexibility index (Phi) is 56.8. The summed E-state index contributed by atoms with van der Waals surface area (Å²) in [4.78, 5) is 11.0. The highest BCUT2D eigenvalue weighted by Gasteiger charge is 2.28. The van der Waals surface area contributed by atoms with Crippen LogP contribution in [0.15, 0.2) is 0 Å². The first-order chi connectivity index (χ1) is 32.1. The van der Waals surface area contributed by atoms with Crippen LogP contribution < -0.4 is 0 Å². The molecular formula is C60H124NO3P. The first kappa shape index (κ1) is 65.1. The van der Waals surface area contributed by atoms with Gasteiger partial charge in [0.25, 0.3) is 0 Å². The normalized spacial score (nSPS) is 12.8. The van der Waals surface area contributed by atoms with Crippen molar-refractivity contribution in [1.29, 1.82) is 0 Å². The maximum atomic E-state index is 13.4. The fourth-order valence-corrected chi connectivity index (χ4v) is 11.3. The predicted molar refractivity (Wildman–Crippen MR) is 294 cm³/mol. The minimum atomic E-state index is -3.73. The van der Waals surface area contributed by atoms with E-state index in [2.05, 4.69) is 20.8 Å².